The molecule has 1 aliphatic heterocycles. The number of hydrogen-bond acceptors (Lipinski definition) is 6. The number of hydrogen-bond donors (Lipinski definition) is 5. The second kappa shape index (κ2) is 9.38. The summed E-state index contributed by atoms with van der Waals surface area (Å²) in [6.07, 6.45) is 6.82. The van der Waals surface area contributed by atoms with Gasteiger partial charge < -0.3 is 26.4 Å². The van der Waals surface area contributed by atoms with Crippen LogP contribution in [0.1, 0.15) is 43.7 Å². The van der Waals surface area contributed by atoms with E-state index in [1.165, 1.54) is 0 Å². The highest BCUT2D eigenvalue weighted by Gasteiger charge is 2.26. The predicted molar refractivity (Wildman–Crippen MR) is 121 cm³/mol. The number of ether oxygens (including phenoxy) is 1. The van der Waals surface area contributed by atoms with Gasteiger partial charge in [0.1, 0.15) is 0 Å². The molecule has 0 amide bonds. The van der Waals surface area contributed by atoms with Crippen LogP contribution in [-0.2, 0) is 0 Å². The van der Waals surface area contributed by atoms with E-state index in [0.717, 1.165) is 62.2 Å². The number of aromatic nitrogens is 2. The smallest absolute Gasteiger partial charge is 0.350 e. The molecule has 0 atom stereocenters. The molecule has 4 rings (SSSR count). The summed E-state index contributed by atoms with van der Waals surface area (Å²) in [7, 11) is 0. The lowest BCUT2D eigenvalue weighted by molar-refractivity contribution is 0.261. The van der Waals surface area contributed by atoms with Crippen LogP contribution in [0.25, 0.3) is 0 Å². The van der Waals surface area contributed by atoms with Gasteiger partial charge in [-0.3, -0.25) is 9.98 Å². The SMILES string of the molecule is Cc1ccc2c(c1)Nc1nc(=O)n(C3CCC(CNCCCNC(=N)N)CC3)cc1O2. The summed E-state index contributed by atoms with van der Waals surface area (Å²) in [5.41, 5.74) is 6.99. The zero-order valence-corrected chi connectivity index (χ0v) is 17.9. The summed E-state index contributed by atoms with van der Waals surface area (Å²) in [6.45, 7) is 4.61. The summed E-state index contributed by atoms with van der Waals surface area (Å²) in [6, 6.07) is 6.08. The number of anilines is 2. The summed E-state index contributed by atoms with van der Waals surface area (Å²) in [5.74, 6) is 2.46. The van der Waals surface area contributed by atoms with Crippen molar-refractivity contribution in [3.8, 4) is 11.5 Å². The first-order chi connectivity index (χ1) is 15.0. The molecule has 6 N–H and O–H groups in total. The fraction of sp³-hybridized carbons (Fsp3) is 0.500. The first-order valence-electron chi connectivity index (χ1n) is 11.0. The van der Waals surface area contributed by atoms with E-state index >= 15 is 0 Å². The van der Waals surface area contributed by atoms with Crippen molar-refractivity contribution in [1.29, 1.82) is 5.41 Å². The molecule has 1 aliphatic carbocycles. The zero-order valence-electron chi connectivity index (χ0n) is 17.9. The number of benzene rings is 1. The number of nitrogens with two attached hydrogens (primary N) is 1. The number of nitrogens with one attached hydrogen (secondary N) is 4. The van der Waals surface area contributed by atoms with Crippen LogP contribution < -0.4 is 32.1 Å². The maximum Gasteiger partial charge on any atom is 0.350 e. The standard InChI is InChI=1S/C22H31N7O2/c1-14-3-8-18-17(11-14)27-20-19(31-18)13-29(22(30)28-20)16-6-4-15(5-7-16)12-25-9-2-10-26-21(23)24/h3,8,11,13,15-16,25H,2,4-7,9-10,12H2,1H3,(H4,23,24,26)(H,27,28,30). The van der Waals surface area contributed by atoms with Gasteiger partial charge in [-0.15, -0.1) is 0 Å². The van der Waals surface area contributed by atoms with Crippen molar-refractivity contribution in [2.45, 2.75) is 45.1 Å². The van der Waals surface area contributed by atoms with Gasteiger partial charge in [0.15, 0.2) is 23.3 Å². The van der Waals surface area contributed by atoms with Crippen LogP contribution in [0, 0.1) is 18.3 Å². The van der Waals surface area contributed by atoms with Crippen molar-refractivity contribution in [3.63, 3.8) is 0 Å². The third kappa shape index (κ3) is 5.16. The number of nitrogens with zero attached hydrogens (tertiary/aromatic N) is 2. The van der Waals surface area contributed by atoms with Crippen molar-refractivity contribution in [2.24, 2.45) is 11.7 Å². The Morgan fingerprint density at radius 2 is 2.10 bits per heavy atom. The monoisotopic (exact) mass is 425 g/mol. The maximum atomic E-state index is 12.7. The fourth-order valence-corrected chi connectivity index (χ4v) is 4.32. The van der Waals surface area contributed by atoms with E-state index in [2.05, 4.69) is 20.9 Å². The summed E-state index contributed by atoms with van der Waals surface area (Å²) in [4.78, 5) is 16.9. The van der Waals surface area contributed by atoms with Crippen molar-refractivity contribution >= 4 is 17.5 Å². The Kier molecular flexibility index (Phi) is 6.41. The number of aryl methyl sites for hydroxylation is 1. The molecule has 2 heterocycles. The van der Waals surface area contributed by atoms with E-state index in [-0.39, 0.29) is 17.7 Å². The molecular weight excluding hydrogens is 394 g/mol. The Balaban J connectivity index is 1.31. The Morgan fingerprint density at radius 1 is 1.29 bits per heavy atom. The Hall–Kier alpha value is -3.07. The number of fused-ring (bicyclic) bond motifs is 2. The third-order valence-electron chi connectivity index (χ3n) is 6.01. The molecule has 166 valence electrons. The molecule has 1 fully saturated rings. The van der Waals surface area contributed by atoms with Gasteiger partial charge in [-0.1, -0.05) is 6.07 Å². The van der Waals surface area contributed by atoms with Gasteiger partial charge in [-0.25, -0.2) is 4.79 Å². The van der Waals surface area contributed by atoms with Crippen molar-refractivity contribution in [3.05, 3.63) is 40.4 Å². The topological polar surface area (TPSA) is 130 Å². The first kappa shape index (κ1) is 21.2. The molecule has 9 heteroatoms. The van der Waals surface area contributed by atoms with Gasteiger partial charge in [0.2, 0.25) is 0 Å². The lowest BCUT2D eigenvalue weighted by Crippen LogP contribution is -2.34. The molecule has 1 saturated carbocycles. The maximum absolute atomic E-state index is 12.7. The zero-order chi connectivity index (χ0) is 21.8. The van der Waals surface area contributed by atoms with Gasteiger partial charge in [0.05, 0.1) is 11.9 Å². The van der Waals surface area contributed by atoms with Crippen LogP contribution in [0.2, 0.25) is 0 Å². The highest BCUT2D eigenvalue weighted by atomic mass is 16.5. The minimum absolute atomic E-state index is 0.0192. The number of guanidine groups is 1. The van der Waals surface area contributed by atoms with Gasteiger partial charge in [-0.05, 0) is 75.7 Å². The van der Waals surface area contributed by atoms with Crippen LogP contribution >= 0.6 is 0 Å². The quantitative estimate of drug-likeness (QED) is 0.223. The molecule has 0 spiro atoms. The average Bonchev–Trinajstić information content (AvgIpc) is 2.75. The summed E-state index contributed by atoms with van der Waals surface area (Å²) >= 11 is 0. The molecule has 2 aliphatic rings. The molecule has 1 aromatic heterocycles. The molecule has 9 nitrogen and oxygen atoms in total. The lowest BCUT2D eigenvalue weighted by atomic mass is 9.86. The fourth-order valence-electron chi connectivity index (χ4n) is 4.32. The number of rotatable bonds is 7. The predicted octanol–water partition coefficient (Wildman–Crippen LogP) is 2.60. The highest BCUT2D eigenvalue weighted by Crippen LogP contribution is 2.41. The van der Waals surface area contributed by atoms with Gasteiger partial charge in [-0.2, -0.15) is 4.98 Å². The molecule has 0 saturated heterocycles. The lowest BCUT2D eigenvalue weighted by Gasteiger charge is -2.30. The van der Waals surface area contributed by atoms with E-state index < -0.39 is 0 Å². The van der Waals surface area contributed by atoms with E-state index in [1.807, 2.05) is 31.3 Å². The van der Waals surface area contributed by atoms with Crippen LogP contribution in [0.15, 0.2) is 29.2 Å². The summed E-state index contributed by atoms with van der Waals surface area (Å²) in [5, 5.41) is 16.7. The third-order valence-corrected chi connectivity index (χ3v) is 6.01. The second-order valence-electron chi connectivity index (χ2n) is 8.44. The van der Waals surface area contributed by atoms with E-state index in [4.69, 9.17) is 15.9 Å². The molecule has 0 bridgehead atoms. The average molecular weight is 426 g/mol. The molecule has 2 aromatic rings. The Bertz CT molecular complexity index is 996. The van der Waals surface area contributed by atoms with Crippen LogP contribution in [0.3, 0.4) is 0 Å². The van der Waals surface area contributed by atoms with Crippen molar-refractivity contribution in [2.75, 3.05) is 25.0 Å². The van der Waals surface area contributed by atoms with Gasteiger partial charge >= 0.3 is 5.69 Å². The van der Waals surface area contributed by atoms with Gasteiger partial charge in [0.25, 0.3) is 0 Å². The summed E-state index contributed by atoms with van der Waals surface area (Å²) < 4.78 is 7.77. The normalized spacial score (nSPS) is 19.5. The van der Waals surface area contributed by atoms with Crippen molar-refractivity contribution < 1.29 is 4.74 Å². The molecule has 0 radical (unpaired) electrons. The van der Waals surface area contributed by atoms with Crippen LogP contribution in [-0.4, -0.2) is 35.1 Å². The van der Waals surface area contributed by atoms with E-state index in [9.17, 15) is 4.79 Å². The highest BCUT2D eigenvalue weighted by molar-refractivity contribution is 5.74. The Morgan fingerprint density at radius 3 is 2.87 bits per heavy atom. The second-order valence-corrected chi connectivity index (χ2v) is 8.44. The van der Waals surface area contributed by atoms with Crippen molar-refractivity contribution in [1.82, 2.24) is 20.2 Å². The first-order valence-corrected chi connectivity index (χ1v) is 11.0. The molecule has 1 aromatic carbocycles. The van der Waals surface area contributed by atoms with E-state index in [1.54, 1.807) is 4.57 Å². The molecular formula is C22H31N7O2. The minimum atomic E-state index is -0.231. The van der Waals surface area contributed by atoms with Crippen LogP contribution in [0.4, 0.5) is 11.5 Å². The molecule has 0 unspecified atom stereocenters. The Labute approximate surface area is 181 Å². The van der Waals surface area contributed by atoms with Gasteiger partial charge in [0, 0.05) is 12.6 Å². The molecule has 31 heavy (non-hydrogen) atoms. The largest absolute Gasteiger partial charge is 0.450 e. The van der Waals surface area contributed by atoms with Crippen LogP contribution in [0.5, 0.6) is 11.5 Å². The van der Waals surface area contributed by atoms with E-state index in [0.29, 0.717) is 24.0 Å². The minimum Gasteiger partial charge on any atom is -0.450 e.